The van der Waals surface area contributed by atoms with E-state index in [-0.39, 0.29) is 12.5 Å². The van der Waals surface area contributed by atoms with Crippen molar-refractivity contribution in [2.45, 2.75) is 18.7 Å². The third kappa shape index (κ3) is 2.89. The van der Waals surface area contributed by atoms with Crippen LogP contribution in [-0.2, 0) is 16.1 Å². The van der Waals surface area contributed by atoms with Crippen LogP contribution in [0.1, 0.15) is 17.4 Å². The highest BCUT2D eigenvalue weighted by molar-refractivity contribution is 5.88. The summed E-state index contributed by atoms with van der Waals surface area (Å²) < 4.78 is 10.3. The Bertz CT molecular complexity index is 624. The highest BCUT2D eigenvalue weighted by Gasteiger charge is 2.40. The van der Waals surface area contributed by atoms with Crippen LogP contribution in [0.25, 0.3) is 0 Å². The summed E-state index contributed by atoms with van der Waals surface area (Å²) in [6, 6.07) is 11.9. The molecule has 1 fully saturated rings. The molecule has 0 saturated carbocycles. The molecule has 6 heteroatoms. The summed E-state index contributed by atoms with van der Waals surface area (Å²) in [5.74, 6) is 0.330. The van der Waals surface area contributed by atoms with Crippen molar-refractivity contribution in [3.05, 3.63) is 60.1 Å². The van der Waals surface area contributed by atoms with Gasteiger partial charge in [0.15, 0.2) is 12.1 Å². The second-order valence-corrected chi connectivity index (χ2v) is 4.66. The molecule has 1 aromatic heterocycles. The van der Waals surface area contributed by atoms with Gasteiger partial charge in [-0.05, 0) is 17.7 Å². The normalized spacial score (nSPS) is 20.7. The van der Waals surface area contributed by atoms with Crippen molar-refractivity contribution in [2.24, 2.45) is 0 Å². The minimum atomic E-state index is -0.755. The molecule has 3 rings (SSSR count). The van der Waals surface area contributed by atoms with Crippen molar-refractivity contribution in [1.82, 2.24) is 10.6 Å². The highest BCUT2D eigenvalue weighted by Crippen LogP contribution is 2.26. The lowest BCUT2D eigenvalue weighted by molar-refractivity contribution is -0.124. The summed E-state index contributed by atoms with van der Waals surface area (Å²) in [6.07, 6.45) is 0.312. The van der Waals surface area contributed by atoms with E-state index in [1.165, 1.54) is 6.26 Å². The number of alkyl carbamates (subject to hydrolysis) is 1. The Balaban J connectivity index is 1.70. The molecule has 6 nitrogen and oxygen atoms in total. The summed E-state index contributed by atoms with van der Waals surface area (Å²) >= 11 is 0. The lowest BCUT2D eigenvalue weighted by Gasteiger charge is -2.16. The van der Waals surface area contributed by atoms with Gasteiger partial charge in [-0.2, -0.15) is 0 Å². The zero-order chi connectivity index (χ0) is 14.7. The van der Waals surface area contributed by atoms with Gasteiger partial charge in [0.05, 0.1) is 12.8 Å². The number of rotatable bonds is 4. The van der Waals surface area contributed by atoms with Gasteiger partial charge in [0.25, 0.3) is 0 Å². The molecule has 2 atom stereocenters. The van der Waals surface area contributed by atoms with Crippen LogP contribution < -0.4 is 10.6 Å². The van der Waals surface area contributed by atoms with Gasteiger partial charge in [-0.15, -0.1) is 0 Å². The van der Waals surface area contributed by atoms with Crippen LogP contribution in [0.3, 0.4) is 0 Å². The van der Waals surface area contributed by atoms with E-state index in [4.69, 9.17) is 9.15 Å². The largest absolute Gasteiger partial charge is 0.467 e. The average molecular weight is 286 g/mol. The molecular formula is C15H14N2O4. The lowest BCUT2D eigenvalue weighted by atomic mass is 10.0. The highest BCUT2D eigenvalue weighted by atomic mass is 16.6. The van der Waals surface area contributed by atoms with Gasteiger partial charge in [-0.1, -0.05) is 30.3 Å². The monoisotopic (exact) mass is 286 g/mol. The number of ether oxygens (including phenoxy) is 1. The molecule has 2 heterocycles. The molecule has 1 aliphatic rings. The number of amides is 2. The van der Waals surface area contributed by atoms with E-state index in [9.17, 15) is 9.59 Å². The van der Waals surface area contributed by atoms with Gasteiger partial charge in [-0.3, -0.25) is 4.79 Å². The van der Waals surface area contributed by atoms with Crippen molar-refractivity contribution in [2.75, 3.05) is 0 Å². The zero-order valence-corrected chi connectivity index (χ0v) is 11.1. The Labute approximate surface area is 121 Å². The van der Waals surface area contributed by atoms with Crippen LogP contribution >= 0.6 is 0 Å². The van der Waals surface area contributed by atoms with Crippen LogP contribution in [0.5, 0.6) is 0 Å². The minimum Gasteiger partial charge on any atom is -0.467 e. The molecule has 0 bridgehead atoms. The first-order valence-corrected chi connectivity index (χ1v) is 6.56. The SMILES string of the molecule is O=C1NC(C(=O)NCc2ccco2)C(c2ccccc2)O1. The molecule has 2 aromatic rings. The molecule has 2 N–H and O–H groups in total. The smallest absolute Gasteiger partial charge is 0.408 e. The lowest BCUT2D eigenvalue weighted by Crippen LogP contribution is -2.43. The third-order valence-electron chi connectivity index (χ3n) is 3.24. The number of carbonyl (C=O) groups excluding carboxylic acids is 2. The van der Waals surface area contributed by atoms with Crippen molar-refractivity contribution in [3.8, 4) is 0 Å². The second-order valence-electron chi connectivity index (χ2n) is 4.66. The number of nitrogens with one attached hydrogen (secondary N) is 2. The molecule has 1 saturated heterocycles. The van der Waals surface area contributed by atoms with Crippen LogP contribution in [-0.4, -0.2) is 18.0 Å². The zero-order valence-electron chi connectivity index (χ0n) is 11.1. The number of furan rings is 1. The van der Waals surface area contributed by atoms with Crippen LogP contribution in [0, 0.1) is 0 Å². The van der Waals surface area contributed by atoms with Crippen molar-refractivity contribution in [1.29, 1.82) is 0 Å². The van der Waals surface area contributed by atoms with Crippen LogP contribution in [0.15, 0.2) is 53.1 Å². The maximum Gasteiger partial charge on any atom is 0.408 e. The molecule has 21 heavy (non-hydrogen) atoms. The maximum atomic E-state index is 12.2. The number of carbonyl (C=O) groups is 2. The van der Waals surface area contributed by atoms with E-state index in [1.807, 2.05) is 30.3 Å². The molecule has 108 valence electrons. The minimum absolute atomic E-state index is 0.264. The molecule has 1 aliphatic heterocycles. The van der Waals surface area contributed by atoms with Gasteiger partial charge >= 0.3 is 6.09 Å². The van der Waals surface area contributed by atoms with Gasteiger partial charge in [0, 0.05) is 0 Å². The Morgan fingerprint density at radius 1 is 1.19 bits per heavy atom. The quantitative estimate of drug-likeness (QED) is 0.897. The summed E-state index contributed by atoms with van der Waals surface area (Å²) in [5.41, 5.74) is 0.772. The van der Waals surface area contributed by atoms with Gasteiger partial charge in [0.2, 0.25) is 5.91 Å². The van der Waals surface area contributed by atoms with Crippen molar-refractivity contribution < 1.29 is 18.7 Å². The molecule has 2 amide bonds. The maximum absolute atomic E-state index is 12.2. The molecule has 0 aliphatic carbocycles. The van der Waals surface area contributed by atoms with E-state index in [2.05, 4.69) is 10.6 Å². The van der Waals surface area contributed by atoms with Gasteiger partial charge in [-0.25, -0.2) is 4.79 Å². The molecule has 1 aromatic carbocycles. The Kier molecular flexibility index (Phi) is 3.59. The number of benzene rings is 1. The van der Waals surface area contributed by atoms with Crippen molar-refractivity contribution in [3.63, 3.8) is 0 Å². The van der Waals surface area contributed by atoms with E-state index in [1.54, 1.807) is 12.1 Å². The average Bonchev–Trinajstić information content (AvgIpc) is 3.15. The third-order valence-corrected chi connectivity index (χ3v) is 3.24. The summed E-state index contributed by atoms with van der Waals surface area (Å²) in [7, 11) is 0. The first kappa shape index (κ1) is 13.2. The number of cyclic esters (lactones) is 1. The predicted molar refractivity (Wildman–Crippen MR) is 73.1 cm³/mol. The van der Waals surface area contributed by atoms with Crippen LogP contribution in [0.4, 0.5) is 4.79 Å². The van der Waals surface area contributed by atoms with Crippen LogP contribution in [0.2, 0.25) is 0 Å². The topological polar surface area (TPSA) is 80.6 Å². The second kappa shape index (κ2) is 5.70. The molecule has 0 spiro atoms. The Hall–Kier alpha value is -2.76. The fraction of sp³-hybridized carbons (Fsp3) is 0.200. The molecular weight excluding hydrogens is 272 g/mol. The standard InChI is InChI=1S/C15H14N2O4/c18-14(16-9-11-7-4-8-20-11)12-13(21-15(19)17-12)10-5-2-1-3-6-10/h1-8,12-13H,9H2,(H,16,18)(H,17,19). The van der Waals surface area contributed by atoms with Crippen molar-refractivity contribution >= 4 is 12.0 Å². The first-order chi connectivity index (χ1) is 10.2. The Morgan fingerprint density at radius 3 is 2.71 bits per heavy atom. The summed E-state index contributed by atoms with van der Waals surface area (Å²) in [4.78, 5) is 23.7. The van der Waals surface area contributed by atoms with E-state index in [0.717, 1.165) is 5.56 Å². The fourth-order valence-corrected chi connectivity index (χ4v) is 2.22. The first-order valence-electron chi connectivity index (χ1n) is 6.56. The van der Waals surface area contributed by atoms with Gasteiger partial charge in [0.1, 0.15) is 5.76 Å². The number of hydrogen-bond donors (Lipinski definition) is 2. The summed E-state index contributed by atoms with van der Waals surface area (Å²) in [6.45, 7) is 0.264. The van der Waals surface area contributed by atoms with Gasteiger partial charge < -0.3 is 19.8 Å². The molecule has 0 radical (unpaired) electrons. The van der Waals surface area contributed by atoms with E-state index < -0.39 is 18.2 Å². The Morgan fingerprint density at radius 2 is 2.00 bits per heavy atom. The van der Waals surface area contributed by atoms with E-state index in [0.29, 0.717) is 5.76 Å². The van der Waals surface area contributed by atoms with E-state index >= 15 is 0 Å². The predicted octanol–water partition coefficient (Wildman–Crippen LogP) is 1.75. The number of hydrogen-bond acceptors (Lipinski definition) is 4. The fourth-order valence-electron chi connectivity index (χ4n) is 2.22. The summed E-state index contributed by atoms with van der Waals surface area (Å²) in [5, 5.41) is 5.25. The molecule has 2 unspecified atom stereocenters.